The van der Waals surface area contributed by atoms with Crippen molar-refractivity contribution in [2.45, 2.75) is 11.4 Å². The Balaban J connectivity index is 1.53. The van der Waals surface area contributed by atoms with Crippen molar-refractivity contribution in [3.05, 3.63) is 83.4 Å². The van der Waals surface area contributed by atoms with E-state index in [1.165, 1.54) is 31.4 Å². The molecular formula is C22H21ClN2O5S. The molecule has 0 aliphatic heterocycles. The third-order valence-electron chi connectivity index (χ3n) is 4.23. The van der Waals surface area contributed by atoms with E-state index in [0.717, 1.165) is 5.56 Å². The summed E-state index contributed by atoms with van der Waals surface area (Å²) in [5.74, 6) is 0.617. The zero-order valence-corrected chi connectivity index (χ0v) is 18.2. The quantitative estimate of drug-likeness (QED) is 0.506. The van der Waals surface area contributed by atoms with Gasteiger partial charge in [-0.05, 0) is 54.1 Å². The number of rotatable bonds is 9. The average molecular weight is 461 g/mol. The fourth-order valence-corrected chi connectivity index (χ4v) is 3.79. The molecule has 3 aromatic carbocycles. The van der Waals surface area contributed by atoms with Crippen molar-refractivity contribution in [1.82, 2.24) is 5.32 Å². The normalized spacial score (nSPS) is 10.9. The number of methoxy groups -OCH3 is 1. The number of amides is 1. The molecule has 3 rings (SSSR count). The standard InChI is InChI=1S/C22H21ClN2O5S/c1-29-20-4-2-3-18(13-20)25-31(27,28)21-11-9-19(10-12-21)30-15-22(26)24-14-16-5-7-17(23)8-6-16/h2-13,25H,14-15H2,1H3,(H,24,26). The number of hydrogen-bond donors (Lipinski definition) is 2. The van der Waals surface area contributed by atoms with Crippen molar-refractivity contribution in [1.29, 1.82) is 0 Å². The van der Waals surface area contributed by atoms with Gasteiger partial charge in [0.1, 0.15) is 11.5 Å². The number of anilines is 1. The van der Waals surface area contributed by atoms with Gasteiger partial charge in [-0.2, -0.15) is 0 Å². The summed E-state index contributed by atoms with van der Waals surface area (Å²) in [6.07, 6.45) is 0. The fraction of sp³-hybridized carbons (Fsp3) is 0.136. The van der Waals surface area contributed by atoms with Crippen LogP contribution in [0.2, 0.25) is 5.02 Å². The van der Waals surface area contributed by atoms with E-state index >= 15 is 0 Å². The number of benzene rings is 3. The second-order valence-electron chi connectivity index (χ2n) is 6.50. The lowest BCUT2D eigenvalue weighted by Gasteiger charge is -2.11. The van der Waals surface area contributed by atoms with Crippen LogP contribution in [0.1, 0.15) is 5.56 Å². The maximum atomic E-state index is 12.6. The van der Waals surface area contributed by atoms with Crippen molar-refractivity contribution in [2.75, 3.05) is 18.4 Å². The van der Waals surface area contributed by atoms with E-state index < -0.39 is 10.0 Å². The zero-order chi connectivity index (χ0) is 22.3. The molecule has 7 nitrogen and oxygen atoms in total. The van der Waals surface area contributed by atoms with Gasteiger partial charge in [-0.15, -0.1) is 0 Å². The maximum Gasteiger partial charge on any atom is 0.261 e. The first-order valence-electron chi connectivity index (χ1n) is 9.26. The number of carbonyl (C=O) groups excluding carboxylic acids is 1. The Morgan fingerprint density at radius 1 is 0.968 bits per heavy atom. The molecular weight excluding hydrogens is 440 g/mol. The molecule has 0 unspecified atom stereocenters. The lowest BCUT2D eigenvalue weighted by molar-refractivity contribution is -0.123. The van der Waals surface area contributed by atoms with E-state index in [-0.39, 0.29) is 17.4 Å². The smallest absolute Gasteiger partial charge is 0.261 e. The summed E-state index contributed by atoms with van der Waals surface area (Å²) in [5.41, 5.74) is 1.30. The molecule has 3 aromatic rings. The molecule has 31 heavy (non-hydrogen) atoms. The molecule has 0 bridgehead atoms. The Kier molecular flexibility index (Phi) is 7.38. The van der Waals surface area contributed by atoms with Gasteiger partial charge in [-0.1, -0.05) is 29.8 Å². The number of hydrogen-bond acceptors (Lipinski definition) is 5. The van der Waals surface area contributed by atoms with Crippen LogP contribution in [-0.4, -0.2) is 28.0 Å². The first-order valence-corrected chi connectivity index (χ1v) is 11.1. The van der Waals surface area contributed by atoms with Gasteiger partial charge in [-0.3, -0.25) is 9.52 Å². The van der Waals surface area contributed by atoms with Crippen LogP contribution < -0.4 is 19.5 Å². The molecule has 162 valence electrons. The van der Waals surface area contributed by atoms with Crippen molar-refractivity contribution in [2.24, 2.45) is 0 Å². The van der Waals surface area contributed by atoms with Gasteiger partial charge in [0.15, 0.2) is 6.61 Å². The predicted molar refractivity (Wildman–Crippen MR) is 119 cm³/mol. The number of sulfonamides is 1. The van der Waals surface area contributed by atoms with Crippen LogP contribution in [0.3, 0.4) is 0 Å². The van der Waals surface area contributed by atoms with Gasteiger partial charge in [0.2, 0.25) is 0 Å². The first kappa shape index (κ1) is 22.5. The van der Waals surface area contributed by atoms with Gasteiger partial charge >= 0.3 is 0 Å². The minimum Gasteiger partial charge on any atom is -0.497 e. The predicted octanol–water partition coefficient (Wildman–Crippen LogP) is 3.84. The van der Waals surface area contributed by atoms with E-state index in [9.17, 15) is 13.2 Å². The molecule has 0 aliphatic carbocycles. The number of halogens is 1. The van der Waals surface area contributed by atoms with Gasteiger partial charge in [0.05, 0.1) is 17.7 Å². The van der Waals surface area contributed by atoms with Crippen LogP contribution in [-0.2, 0) is 21.4 Å². The Labute approximate surface area is 186 Å². The van der Waals surface area contributed by atoms with E-state index in [4.69, 9.17) is 21.1 Å². The third kappa shape index (κ3) is 6.63. The molecule has 9 heteroatoms. The molecule has 2 N–H and O–H groups in total. The van der Waals surface area contributed by atoms with E-state index in [0.29, 0.717) is 28.8 Å². The van der Waals surface area contributed by atoms with Crippen molar-refractivity contribution in [3.63, 3.8) is 0 Å². The molecule has 0 radical (unpaired) electrons. The lowest BCUT2D eigenvalue weighted by atomic mass is 10.2. The van der Waals surface area contributed by atoms with Crippen molar-refractivity contribution < 1.29 is 22.7 Å². The maximum absolute atomic E-state index is 12.6. The van der Waals surface area contributed by atoms with E-state index in [1.54, 1.807) is 36.4 Å². The molecule has 1 amide bonds. The molecule has 0 saturated heterocycles. The molecule has 0 heterocycles. The van der Waals surface area contributed by atoms with Gasteiger partial charge in [0, 0.05) is 17.6 Å². The molecule has 0 spiro atoms. The van der Waals surface area contributed by atoms with E-state index in [1.807, 2.05) is 12.1 Å². The largest absolute Gasteiger partial charge is 0.497 e. The van der Waals surface area contributed by atoms with Gasteiger partial charge in [0.25, 0.3) is 15.9 Å². The Bertz CT molecular complexity index is 1130. The zero-order valence-electron chi connectivity index (χ0n) is 16.7. The SMILES string of the molecule is COc1cccc(NS(=O)(=O)c2ccc(OCC(=O)NCc3ccc(Cl)cc3)cc2)c1. The van der Waals surface area contributed by atoms with Crippen LogP contribution in [0.5, 0.6) is 11.5 Å². The summed E-state index contributed by atoms with van der Waals surface area (Å²) < 4.78 is 38.1. The number of carbonyl (C=O) groups is 1. The molecule has 0 aliphatic rings. The topological polar surface area (TPSA) is 93.7 Å². The second-order valence-corrected chi connectivity index (χ2v) is 8.62. The van der Waals surface area contributed by atoms with Crippen LogP contribution in [0.25, 0.3) is 0 Å². The molecule has 0 atom stereocenters. The van der Waals surface area contributed by atoms with Crippen LogP contribution >= 0.6 is 11.6 Å². The Hall–Kier alpha value is -3.23. The van der Waals surface area contributed by atoms with Gasteiger partial charge in [-0.25, -0.2) is 8.42 Å². The van der Waals surface area contributed by atoms with Crippen molar-refractivity contribution >= 4 is 33.2 Å². The Morgan fingerprint density at radius 2 is 1.68 bits per heavy atom. The molecule has 0 fully saturated rings. The Morgan fingerprint density at radius 3 is 2.35 bits per heavy atom. The lowest BCUT2D eigenvalue weighted by Crippen LogP contribution is -2.28. The summed E-state index contributed by atoms with van der Waals surface area (Å²) in [4.78, 5) is 12.0. The highest BCUT2D eigenvalue weighted by atomic mass is 35.5. The summed E-state index contributed by atoms with van der Waals surface area (Å²) in [5, 5.41) is 3.37. The fourth-order valence-electron chi connectivity index (χ4n) is 2.62. The summed E-state index contributed by atoms with van der Waals surface area (Å²) in [6.45, 7) is 0.161. The second kappa shape index (κ2) is 10.2. The van der Waals surface area contributed by atoms with Crippen LogP contribution in [0.15, 0.2) is 77.7 Å². The highest BCUT2D eigenvalue weighted by molar-refractivity contribution is 7.92. The monoisotopic (exact) mass is 460 g/mol. The highest BCUT2D eigenvalue weighted by Crippen LogP contribution is 2.22. The minimum absolute atomic E-state index is 0.0647. The molecule has 0 aromatic heterocycles. The number of ether oxygens (including phenoxy) is 2. The summed E-state index contributed by atoms with van der Waals surface area (Å²) >= 11 is 5.83. The van der Waals surface area contributed by atoms with E-state index in [2.05, 4.69) is 10.0 Å². The van der Waals surface area contributed by atoms with Gasteiger partial charge < -0.3 is 14.8 Å². The van der Waals surface area contributed by atoms with Crippen LogP contribution in [0, 0.1) is 0 Å². The minimum atomic E-state index is -3.78. The third-order valence-corrected chi connectivity index (χ3v) is 5.88. The summed E-state index contributed by atoms with van der Waals surface area (Å²) in [7, 11) is -2.27. The number of nitrogens with one attached hydrogen (secondary N) is 2. The first-order chi connectivity index (χ1) is 14.9. The summed E-state index contributed by atoms with van der Waals surface area (Å²) in [6, 6.07) is 19.5. The average Bonchev–Trinajstić information content (AvgIpc) is 2.77. The van der Waals surface area contributed by atoms with Crippen LogP contribution in [0.4, 0.5) is 5.69 Å². The van der Waals surface area contributed by atoms with Crippen molar-refractivity contribution in [3.8, 4) is 11.5 Å². The molecule has 0 saturated carbocycles. The highest BCUT2D eigenvalue weighted by Gasteiger charge is 2.15.